The van der Waals surface area contributed by atoms with E-state index in [1.54, 1.807) is 23.1 Å². The van der Waals surface area contributed by atoms with Crippen LogP contribution in [0.5, 0.6) is 0 Å². The monoisotopic (exact) mass is 435 g/mol. The number of hydrogen-bond donors (Lipinski definition) is 0. The average Bonchev–Trinajstić information content (AvgIpc) is 3.30. The fourth-order valence-corrected chi connectivity index (χ4v) is 5.26. The van der Waals surface area contributed by atoms with Gasteiger partial charge in [0.15, 0.2) is 0 Å². The van der Waals surface area contributed by atoms with Gasteiger partial charge in [0, 0.05) is 21.2 Å². The van der Waals surface area contributed by atoms with Crippen molar-refractivity contribution in [3.63, 3.8) is 0 Å². The lowest BCUT2D eigenvalue weighted by molar-refractivity contribution is 0.307. The molecule has 0 radical (unpaired) electrons. The van der Waals surface area contributed by atoms with Gasteiger partial charge < -0.3 is 0 Å². The molecule has 0 saturated heterocycles. The van der Waals surface area contributed by atoms with Crippen LogP contribution in [-0.4, -0.2) is 25.2 Å². The predicted molar refractivity (Wildman–Crippen MR) is 105 cm³/mol. The van der Waals surface area contributed by atoms with Gasteiger partial charge in [-0.15, -0.1) is 16.4 Å². The molecule has 0 amide bonds. The minimum atomic E-state index is 0.457. The lowest BCUT2D eigenvalue weighted by Crippen LogP contribution is -2.15. The Labute approximate surface area is 163 Å². The quantitative estimate of drug-likeness (QED) is 0.504. The van der Waals surface area contributed by atoms with E-state index in [0.29, 0.717) is 6.04 Å². The Balaban J connectivity index is 1.43. The molecule has 5 nitrogen and oxygen atoms in total. The normalized spacial score (nSPS) is 15.6. The molecular formula is C17H18BrN5S2. The number of nitrogens with zero attached hydrogens (tertiary/aromatic N) is 5. The number of rotatable bonds is 5. The molecule has 0 bridgehead atoms. The van der Waals surface area contributed by atoms with Gasteiger partial charge in [-0.1, -0.05) is 59.1 Å². The average molecular weight is 436 g/mol. The zero-order valence-electron chi connectivity index (χ0n) is 13.6. The van der Waals surface area contributed by atoms with Gasteiger partial charge in [0.25, 0.3) is 0 Å². The van der Waals surface area contributed by atoms with Crippen LogP contribution >= 0.6 is 39.0 Å². The predicted octanol–water partition coefficient (Wildman–Crippen LogP) is 5.36. The molecule has 2 heterocycles. The molecule has 0 N–H and O–H groups in total. The highest BCUT2D eigenvalue weighted by atomic mass is 79.9. The van der Waals surface area contributed by atoms with Gasteiger partial charge in [0.2, 0.25) is 5.16 Å². The van der Waals surface area contributed by atoms with Crippen LogP contribution in [-0.2, 0) is 5.75 Å². The maximum atomic E-state index is 4.76. The summed E-state index contributed by atoms with van der Waals surface area (Å²) in [5, 5.41) is 16.4. The number of thiazole rings is 1. The van der Waals surface area contributed by atoms with Crippen LogP contribution in [0.25, 0.3) is 10.6 Å². The van der Waals surface area contributed by atoms with E-state index in [0.717, 1.165) is 31.6 Å². The van der Waals surface area contributed by atoms with Crippen molar-refractivity contribution in [1.82, 2.24) is 25.2 Å². The van der Waals surface area contributed by atoms with Gasteiger partial charge in [-0.25, -0.2) is 9.67 Å². The third-order valence-corrected chi connectivity index (χ3v) is 6.76. The molecule has 8 heteroatoms. The van der Waals surface area contributed by atoms with Crippen molar-refractivity contribution in [2.24, 2.45) is 0 Å². The first kappa shape index (κ1) is 17.2. The molecular weight excluding hydrogens is 418 g/mol. The second kappa shape index (κ2) is 7.97. The standard InChI is InChI=1S/C17H18BrN5S2/c18-13-6-4-5-12(9-13)16-19-14(10-24-16)11-25-17-20-21-22-23(17)15-7-2-1-3-8-15/h4-6,9-10,15H,1-3,7-8,11H2. The number of hydrogen-bond acceptors (Lipinski definition) is 6. The van der Waals surface area contributed by atoms with E-state index < -0.39 is 0 Å². The Kier molecular flexibility index (Phi) is 5.48. The summed E-state index contributed by atoms with van der Waals surface area (Å²) in [5.74, 6) is 0.789. The molecule has 0 unspecified atom stereocenters. The van der Waals surface area contributed by atoms with Gasteiger partial charge >= 0.3 is 0 Å². The molecule has 1 aromatic carbocycles. The summed E-state index contributed by atoms with van der Waals surface area (Å²) in [6, 6.07) is 8.70. The molecule has 2 aromatic heterocycles. The lowest BCUT2D eigenvalue weighted by Gasteiger charge is -2.21. The summed E-state index contributed by atoms with van der Waals surface area (Å²) in [7, 11) is 0. The van der Waals surface area contributed by atoms with Crippen LogP contribution in [0.15, 0.2) is 39.3 Å². The summed E-state index contributed by atoms with van der Waals surface area (Å²) in [6.45, 7) is 0. The van der Waals surface area contributed by atoms with Crippen LogP contribution in [0.4, 0.5) is 0 Å². The first-order valence-corrected chi connectivity index (χ1v) is 11.1. The summed E-state index contributed by atoms with van der Waals surface area (Å²) >= 11 is 6.87. The largest absolute Gasteiger partial charge is 0.240 e. The highest BCUT2D eigenvalue weighted by Gasteiger charge is 2.20. The van der Waals surface area contributed by atoms with Crippen molar-refractivity contribution < 1.29 is 0 Å². The Morgan fingerprint density at radius 3 is 2.96 bits per heavy atom. The molecule has 1 fully saturated rings. The van der Waals surface area contributed by atoms with E-state index >= 15 is 0 Å². The lowest BCUT2D eigenvalue weighted by atomic mass is 9.96. The van der Waals surface area contributed by atoms with Crippen LogP contribution in [0.3, 0.4) is 0 Å². The van der Waals surface area contributed by atoms with Crippen molar-refractivity contribution in [1.29, 1.82) is 0 Å². The second-order valence-corrected chi connectivity index (χ2v) is 8.86. The smallest absolute Gasteiger partial charge is 0.209 e. The molecule has 1 aliphatic rings. The van der Waals surface area contributed by atoms with Gasteiger partial charge in [-0.3, -0.25) is 0 Å². The summed E-state index contributed by atoms with van der Waals surface area (Å²) in [6.07, 6.45) is 6.25. The molecule has 0 spiro atoms. The van der Waals surface area contributed by atoms with Crippen LogP contribution in [0.2, 0.25) is 0 Å². The molecule has 1 aliphatic carbocycles. The fraction of sp³-hybridized carbons (Fsp3) is 0.412. The molecule has 4 rings (SSSR count). The summed E-state index contributed by atoms with van der Waals surface area (Å²) in [4.78, 5) is 4.76. The number of tetrazole rings is 1. The maximum Gasteiger partial charge on any atom is 0.209 e. The van der Waals surface area contributed by atoms with Crippen molar-refractivity contribution in [3.05, 3.63) is 39.8 Å². The van der Waals surface area contributed by atoms with Crippen LogP contribution in [0.1, 0.15) is 43.8 Å². The highest BCUT2D eigenvalue weighted by molar-refractivity contribution is 9.10. The first-order chi connectivity index (χ1) is 12.3. The minimum Gasteiger partial charge on any atom is -0.240 e. The van der Waals surface area contributed by atoms with E-state index in [-0.39, 0.29) is 0 Å². The minimum absolute atomic E-state index is 0.457. The SMILES string of the molecule is Brc1cccc(-c2nc(CSc3nnnn3C3CCCCC3)cs2)c1. The van der Waals surface area contributed by atoms with Gasteiger partial charge in [0.05, 0.1) is 11.7 Å². The van der Waals surface area contributed by atoms with Crippen molar-refractivity contribution in [2.45, 2.75) is 49.1 Å². The third-order valence-electron chi connectivity index (χ3n) is 4.36. The van der Waals surface area contributed by atoms with Gasteiger partial charge in [0.1, 0.15) is 5.01 Å². The zero-order chi connectivity index (χ0) is 17.1. The summed E-state index contributed by atoms with van der Waals surface area (Å²) < 4.78 is 3.09. The number of benzene rings is 1. The van der Waals surface area contributed by atoms with E-state index in [1.807, 2.05) is 16.8 Å². The molecule has 0 atom stereocenters. The Bertz CT molecular complexity index is 841. The Morgan fingerprint density at radius 2 is 2.12 bits per heavy atom. The van der Waals surface area contributed by atoms with Crippen LogP contribution in [0, 0.1) is 0 Å². The Hall–Kier alpha value is -1.25. The van der Waals surface area contributed by atoms with E-state index in [1.165, 1.54) is 32.1 Å². The molecule has 1 saturated carbocycles. The van der Waals surface area contributed by atoms with E-state index in [4.69, 9.17) is 4.98 Å². The fourth-order valence-electron chi connectivity index (χ4n) is 3.10. The van der Waals surface area contributed by atoms with E-state index in [2.05, 4.69) is 49.0 Å². The van der Waals surface area contributed by atoms with E-state index in [9.17, 15) is 0 Å². The van der Waals surface area contributed by atoms with Crippen molar-refractivity contribution in [2.75, 3.05) is 0 Å². The third kappa shape index (κ3) is 4.12. The highest BCUT2D eigenvalue weighted by Crippen LogP contribution is 2.32. The first-order valence-electron chi connectivity index (χ1n) is 8.40. The molecule has 3 aromatic rings. The Morgan fingerprint density at radius 1 is 1.24 bits per heavy atom. The molecule has 0 aliphatic heterocycles. The summed E-state index contributed by atoms with van der Waals surface area (Å²) in [5.41, 5.74) is 2.21. The number of aromatic nitrogens is 5. The van der Waals surface area contributed by atoms with Gasteiger partial charge in [-0.2, -0.15) is 0 Å². The van der Waals surface area contributed by atoms with Crippen molar-refractivity contribution in [3.8, 4) is 10.6 Å². The number of halogens is 1. The maximum absolute atomic E-state index is 4.76. The van der Waals surface area contributed by atoms with Crippen LogP contribution < -0.4 is 0 Å². The van der Waals surface area contributed by atoms with Gasteiger partial charge in [-0.05, 0) is 35.4 Å². The molecule has 25 heavy (non-hydrogen) atoms. The second-order valence-electron chi connectivity index (χ2n) is 6.14. The zero-order valence-corrected chi connectivity index (χ0v) is 16.9. The van der Waals surface area contributed by atoms with Crippen molar-refractivity contribution >= 4 is 39.0 Å². The topological polar surface area (TPSA) is 56.5 Å². The molecule has 130 valence electrons. The number of thioether (sulfide) groups is 1.